The molecule has 1 aromatic rings. The van der Waals surface area contributed by atoms with Crippen LogP contribution in [-0.2, 0) is 16.2 Å². The summed E-state index contributed by atoms with van der Waals surface area (Å²) >= 11 is 0. The summed E-state index contributed by atoms with van der Waals surface area (Å²) in [6.45, 7) is 4.25. The van der Waals surface area contributed by atoms with Gasteiger partial charge in [0, 0.05) is 26.7 Å². The molecule has 2 saturated heterocycles. The minimum absolute atomic E-state index is 0.0479. The third-order valence-corrected chi connectivity index (χ3v) is 4.01. The second-order valence-electron chi connectivity index (χ2n) is 5.75. The molecule has 2 aliphatic heterocycles. The second-order valence-corrected chi connectivity index (χ2v) is 5.75. The molecule has 2 fully saturated rings. The van der Waals surface area contributed by atoms with Gasteiger partial charge in [-0.3, -0.25) is 14.5 Å². The van der Waals surface area contributed by atoms with Gasteiger partial charge in [-0.25, -0.2) is 5.06 Å². The lowest BCUT2D eigenvalue weighted by atomic mass is 9.90. The van der Waals surface area contributed by atoms with E-state index in [-0.39, 0.29) is 11.5 Å². The highest BCUT2D eigenvalue weighted by molar-refractivity contribution is 5.78. The summed E-state index contributed by atoms with van der Waals surface area (Å²) in [5, 5.41) is 10.4. The Bertz CT molecular complexity index is 600. The van der Waals surface area contributed by atoms with Gasteiger partial charge in [-0.05, 0) is 24.1 Å². The van der Waals surface area contributed by atoms with E-state index in [0.717, 1.165) is 36.3 Å². The number of likely N-dealkylation sites (tertiary alicyclic amines) is 1. The summed E-state index contributed by atoms with van der Waals surface area (Å²) in [6, 6.07) is 8.18. The summed E-state index contributed by atoms with van der Waals surface area (Å²) < 4.78 is 0. The molecule has 5 nitrogen and oxygen atoms in total. The number of hydroxylamine groups is 2. The van der Waals surface area contributed by atoms with Crippen LogP contribution in [0, 0.1) is 18.3 Å². The lowest BCUT2D eigenvalue weighted by molar-refractivity contribution is -0.227. The number of carbonyl (C=O) groups is 1. The molecule has 0 unspecified atom stereocenters. The van der Waals surface area contributed by atoms with Crippen LogP contribution < -0.4 is 0 Å². The molecule has 1 aromatic carbocycles. The maximum Gasteiger partial charge on any atom is 0.248 e. The van der Waals surface area contributed by atoms with Crippen LogP contribution >= 0.6 is 0 Å². The van der Waals surface area contributed by atoms with Gasteiger partial charge in [0.05, 0.1) is 18.1 Å². The fourth-order valence-corrected chi connectivity index (χ4v) is 2.96. The smallest absolute Gasteiger partial charge is 0.248 e. The molecule has 0 atom stereocenters. The molecule has 0 radical (unpaired) electrons. The van der Waals surface area contributed by atoms with Crippen molar-refractivity contribution in [2.75, 3.05) is 20.1 Å². The SMILES string of the molecule is Cc1ccc(CN2CC3(CC(=O)N(C)O3)C2)cc1C#N. The third kappa shape index (κ3) is 2.17. The first-order valence-electron chi connectivity index (χ1n) is 6.69. The number of aryl methyl sites for hydroxylation is 1. The molecule has 1 amide bonds. The maximum absolute atomic E-state index is 11.5. The van der Waals surface area contributed by atoms with Gasteiger partial charge >= 0.3 is 0 Å². The van der Waals surface area contributed by atoms with Crippen LogP contribution in [0.1, 0.15) is 23.1 Å². The molecule has 2 aliphatic rings. The van der Waals surface area contributed by atoms with Gasteiger partial charge in [-0.15, -0.1) is 0 Å². The molecule has 20 heavy (non-hydrogen) atoms. The Labute approximate surface area is 118 Å². The number of hydrogen-bond donors (Lipinski definition) is 0. The van der Waals surface area contributed by atoms with Crippen LogP contribution in [0.2, 0.25) is 0 Å². The molecule has 0 saturated carbocycles. The van der Waals surface area contributed by atoms with Gasteiger partial charge in [0.15, 0.2) is 0 Å². The van der Waals surface area contributed by atoms with E-state index in [0.29, 0.717) is 6.42 Å². The van der Waals surface area contributed by atoms with Gasteiger partial charge in [0.2, 0.25) is 5.91 Å². The van der Waals surface area contributed by atoms with E-state index in [1.54, 1.807) is 7.05 Å². The Hall–Kier alpha value is -1.90. The van der Waals surface area contributed by atoms with Crippen LogP contribution in [0.4, 0.5) is 0 Å². The average Bonchev–Trinajstić information content (AvgIpc) is 2.67. The molecular formula is C15H17N3O2. The van der Waals surface area contributed by atoms with Crippen LogP contribution in [0.5, 0.6) is 0 Å². The lowest BCUT2D eigenvalue weighted by Gasteiger charge is -2.45. The van der Waals surface area contributed by atoms with Gasteiger partial charge in [0.25, 0.3) is 0 Å². The van der Waals surface area contributed by atoms with E-state index in [9.17, 15) is 4.79 Å². The second kappa shape index (κ2) is 4.58. The van der Waals surface area contributed by atoms with Gasteiger partial charge in [-0.2, -0.15) is 5.26 Å². The lowest BCUT2D eigenvalue weighted by Crippen LogP contribution is -2.61. The van der Waals surface area contributed by atoms with E-state index in [1.807, 2.05) is 25.1 Å². The summed E-state index contributed by atoms with van der Waals surface area (Å²) in [5.41, 5.74) is 2.54. The maximum atomic E-state index is 11.5. The number of nitriles is 1. The third-order valence-electron chi connectivity index (χ3n) is 4.01. The fraction of sp³-hybridized carbons (Fsp3) is 0.467. The van der Waals surface area contributed by atoms with E-state index >= 15 is 0 Å². The quantitative estimate of drug-likeness (QED) is 0.811. The molecular weight excluding hydrogens is 254 g/mol. The van der Waals surface area contributed by atoms with Crippen molar-refractivity contribution in [3.05, 3.63) is 34.9 Å². The zero-order valence-corrected chi connectivity index (χ0v) is 11.7. The average molecular weight is 271 g/mol. The van der Waals surface area contributed by atoms with Crippen molar-refractivity contribution in [1.29, 1.82) is 5.26 Å². The normalized spacial score (nSPS) is 21.1. The molecule has 1 spiro atoms. The molecule has 0 N–H and O–H groups in total. The van der Waals surface area contributed by atoms with Crippen molar-refractivity contribution in [1.82, 2.24) is 9.96 Å². The van der Waals surface area contributed by atoms with Gasteiger partial charge in [0.1, 0.15) is 5.60 Å². The monoisotopic (exact) mass is 271 g/mol. The van der Waals surface area contributed by atoms with Crippen molar-refractivity contribution in [3.63, 3.8) is 0 Å². The van der Waals surface area contributed by atoms with Crippen molar-refractivity contribution in [3.8, 4) is 6.07 Å². The molecule has 0 aromatic heterocycles. The Morgan fingerprint density at radius 2 is 2.20 bits per heavy atom. The molecule has 3 rings (SSSR count). The zero-order valence-electron chi connectivity index (χ0n) is 11.7. The first-order chi connectivity index (χ1) is 9.51. The van der Waals surface area contributed by atoms with E-state index in [4.69, 9.17) is 10.1 Å². The highest BCUT2D eigenvalue weighted by atomic mass is 16.7. The summed E-state index contributed by atoms with van der Waals surface area (Å²) in [7, 11) is 1.67. The highest BCUT2D eigenvalue weighted by Gasteiger charge is 2.52. The Balaban J connectivity index is 1.62. The predicted octanol–water partition coefficient (Wildman–Crippen LogP) is 1.21. The first-order valence-corrected chi connectivity index (χ1v) is 6.69. The summed E-state index contributed by atoms with van der Waals surface area (Å²) in [4.78, 5) is 19.4. The predicted molar refractivity (Wildman–Crippen MR) is 72.4 cm³/mol. The standard InChI is InChI=1S/C15H17N3O2/c1-11-3-4-12(5-13(11)7-16)8-18-9-15(10-18)6-14(19)17(2)20-15/h3-5H,6,8-10H2,1-2H3. The van der Waals surface area contributed by atoms with E-state index in [1.165, 1.54) is 5.06 Å². The van der Waals surface area contributed by atoms with Crippen LogP contribution in [0.3, 0.4) is 0 Å². The van der Waals surface area contributed by atoms with Crippen LogP contribution in [0.25, 0.3) is 0 Å². The number of hydrogen-bond acceptors (Lipinski definition) is 4. The Kier molecular flexibility index (Phi) is 3.00. The van der Waals surface area contributed by atoms with Crippen molar-refractivity contribution >= 4 is 5.91 Å². The van der Waals surface area contributed by atoms with Gasteiger partial charge in [-0.1, -0.05) is 12.1 Å². The van der Waals surface area contributed by atoms with E-state index < -0.39 is 0 Å². The minimum Gasteiger partial charge on any atom is -0.293 e. The van der Waals surface area contributed by atoms with Crippen LogP contribution in [0.15, 0.2) is 18.2 Å². The van der Waals surface area contributed by atoms with Gasteiger partial charge < -0.3 is 0 Å². The largest absolute Gasteiger partial charge is 0.293 e. The summed E-state index contributed by atoms with van der Waals surface area (Å²) in [6.07, 6.45) is 0.470. The fourth-order valence-electron chi connectivity index (χ4n) is 2.96. The Morgan fingerprint density at radius 3 is 2.80 bits per heavy atom. The minimum atomic E-state index is -0.311. The number of benzene rings is 1. The Morgan fingerprint density at radius 1 is 1.45 bits per heavy atom. The van der Waals surface area contributed by atoms with E-state index in [2.05, 4.69) is 11.0 Å². The summed E-state index contributed by atoms with van der Waals surface area (Å²) in [5.74, 6) is 0.0479. The highest BCUT2D eigenvalue weighted by Crippen LogP contribution is 2.35. The zero-order chi connectivity index (χ0) is 14.3. The molecule has 5 heteroatoms. The van der Waals surface area contributed by atoms with Crippen molar-refractivity contribution in [2.45, 2.75) is 25.5 Å². The van der Waals surface area contributed by atoms with Crippen molar-refractivity contribution < 1.29 is 9.63 Å². The number of amides is 1. The molecule has 0 bridgehead atoms. The molecule has 0 aliphatic carbocycles. The van der Waals surface area contributed by atoms with Crippen molar-refractivity contribution in [2.24, 2.45) is 0 Å². The van der Waals surface area contributed by atoms with Crippen LogP contribution in [-0.4, -0.2) is 41.6 Å². The topological polar surface area (TPSA) is 56.6 Å². The molecule has 2 heterocycles. The number of carbonyl (C=O) groups excluding carboxylic acids is 1. The number of nitrogens with zero attached hydrogens (tertiary/aromatic N) is 3. The first kappa shape index (κ1) is 13.1. The number of rotatable bonds is 2. The molecule has 104 valence electrons.